The van der Waals surface area contributed by atoms with Gasteiger partial charge in [0.25, 0.3) is 11.8 Å². The van der Waals surface area contributed by atoms with Gasteiger partial charge in [-0.3, -0.25) is 14.5 Å². The zero-order valence-corrected chi connectivity index (χ0v) is 17.4. The average molecular weight is 431 g/mol. The van der Waals surface area contributed by atoms with E-state index in [1.54, 1.807) is 30.3 Å². The second-order valence-corrected chi connectivity index (χ2v) is 9.58. The SMILES string of the molecule is Cc1ccc2c(c1)C(=O)N(CCS(=O)(=O)N1CCN(c3ccc(F)cc3)CC1)C2=O. The van der Waals surface area contributed by atoms with Crippen LogP contribution in [0.1, 0.15) is 26.3 Å². The molecule has 2 aliphatic rings. The summed E-state index contributed by atoms with van der Waals surface area (Å²) in [5.41, 5.74) is 2.35. The van der Waals surface area contributed by atoms with Crippen LogP contribution in [-0.2, 0) is 10.0 Å². The third-order valence-electron chi connectivity index (χ3n) is 5.52. The van der Waals surface area contributed by atoms with Gasteiger partial charge in [-0.05, 0) is 43.3 Å². The van der Waals surface area contributed by atoms with Crippen molar-refractivity contribution in [2.75, 3.05) is 43.4 Å². The molecule has 7 nitrogen and oxygen atoms in total. The number of amides is 2. The number of piperazine rings is 1. The number of sulfonamides is 1. The van der Waals surface area contributed by atoms with Gasteiger partial charge in [-0.2, -0.15) is 4.31 Å². The Bertz CT molecular complexity index is 1090. The number of aryl methyl sites for hydroxylation is 1. The van der Waals surface area contributed by atoms with Gasteiger partial charge in [-0.15, -0.1) is 0 Å². The molecule has 158 valence electrons. The molecule has 0 aliphatic carbocycles. The van der Waals surface area contributed by atoms with E-state index in [0.717, 1.165) is 16.2 Å². The standard InChI is InChI=1S/C21H22FN3O4S/c1-15-2-7-18-19(14-15)21(27)25(20(18)26)12-13-30(28,29)24-10-8-23(9-11-24)17-5-3-16(22)4-6-17/h2-7,14H,8-13H2,1H3. The summed E-state index contributed by atoms with van der Waals surface area (Å²) in [5.74, 6) is -1.53. The lowest BCUT2D eigenvalue weighted by Gasteiger charge is -2.35. The Labute approximate surface area is 174 Å². The van der Waals surface area contributed by atoms with E-state index in [2.05, 4.69) is 0 Å². The molecule has 2 aromatic rings. The molecule has 30 heavy (non-hydrogen) atoms. The van der Waals surface area contributed by atoms with Crippen LogP contribution in [-0.4, -0.2) is 67.9 Å². The number of fused-ring (bicyclic) bond motifs is 1. The third-order valence-corrected chi connectivity index (χ3v) is 7.37. The summed E-state index contributed by atoms with van der Waals surface area (Å²) in [6.07, 6.45) is 0. The fourth-order valence-electron chi connectivity index (χ4n) is 3.82. The first-order valence-corrected chi connectivity index (χ1v) is 11.3. The molecule has 0 unspecified atom stereocenters. The van der Waals surface area contributed by atoms with Crippen LogP contribution in [0.25, 0.3) is 0 Å². The number of rotatable bonds is 5. The molecule has 0 atom stereocenters. The summed E-state index contributed by atoms with van der Waals surface area (Å²) in [4.78, 5) is 28.0. The number of anilines is 1. The zero-order chi connectivity index (χ0) is 21.5. The highest BCUT2D eigenvalue weighted by Crippen LogP contribution is 2.24. The van der Waals surface area contributed by atoms with E-state index < -0.39 is 21.8 Å². The van der Waals surface area contributed by atoms with E-state index >= 15 is 0 Å². The van der Waals surface area contributed by atoms with Gasteiger partial charge in [0.05, 0.1) is 16.9 Å². The molecule has 2 amide bonds. The molecule has 0 spiro atoms. The smallest absolute Gasteiger partial charge is 0.261 e. The number of nitrogens with zero attached hydrogens (tertiary/aromatic N) is 3. The first-order valence-electron chi connectivity index (χ1n) is 9.71. The minimum atomic E-state index is -3.62. The van der Waals surface area contributed by atoms with Gasteiger partial charge in [0.2, 0.25) is 10.0 Å². The van der Waals surface area contributed by atoms with Crippen LogP contribution in [0.15, 0.2) is 42.5 Å². The van der Waals surface area contributed by atoms with Crippen molar-refractivity contribution in [2.24, 2.45) is 0 Å². The predicted octanol–water partition coefficient (Wildman–Crippen LogP) is 1.88. The summed E-state index contributed by atoms with van der Waals surface area (Å²) in [5, 5.41) is 0. The molecule has 2 aromatic carbocycles. The second-order valence-electron chi connectivity index (χ2n) is 7.49. The highest BCUT2D eigenvalue weighted by molar-refractivity contribution is 7.89. The van der Waals surface area contributed by atoms with Gasteiger partial charge < -0.3 is 4.90 Å². The van der Waals surface area contributed by atoms with Crippen molar-refractivity contribution < 1.29 is 22.4 Å². The normalized spacial score (nSPS) is 17.5. The van der Waals surface area contributed by atoms with Crippen LogP contribution in [0.5, 0.6) is 0 Å². The maximum Gasteiger partial charge on any atom is 0.261 e. The van der Waals surface area contributed by atoms with Crippen molar-refractivity contribution >= 4 is 27.5 Å². The van der Waals surface area contributed by atoms with E-state index in [-0.39, 0.29) is 18.1 Å². The second kappa shape index (κ2) is 7.81. The minimum Gasteiger partial charge on any atom is -0.369 e. The Balaban J connectivity index is 1.37. The average Bonchev–Trinajstić information content (AvgIpc) is 2.96. The number of benzene rings is 2. The molecule has 0 saturated carbocycles. The zero-order valence-electron chi connectivity index (χ0n) is 16.5. The fraction of sp³-hybridized carbons (Fsp3) is 0.333. The first-order chi connectivity index (χ1) is 14.3. The van der Waals surface area contributed by atoms with Gasteiger partial charge in [-0.25, -0.2) is 12.8 Å². The first kappa shape index (κ1) is 20.5. The molecule has 4 rings (SSSR count). The molecule has 0 bridgehead atoms. The summed E-state index contributed by atoms with van der Waals surface area (Å²) in [6.45, 7) is 3.21. The maximum atomic E-state index is 13.1. The minimum absolute atomic E-state index is 0.175. The Morgan fingerprint density at radius 2 is 1.53 bits per heavy atom. The molecular weight excluding hydrogens is 409 g/mol. The number of halogens is 1. The largest absolute Gasteiger partial charge is 0.369 e. The van der Waals surface area contributed by atoms with E-state index in [1.807, 2.05) is 11.8 Å². The summed E-state index contributed by atoms with van der Waals surface area (Å²) < 4.78 is 40.0. The predicted molar refractivity (Wildman–Crippen MR) is 111 cm³/mol. The quantitative estimate of drug-likeness (QED) is 0.676. The number of hydrogen-bond donors (Lipinski definition) is 0. The van der Waals surface area contributed by atoms with Crippen molar-refractivity contribution in [3.8, 4) is 0 Å². The molecule has 1 saturated heterocycles. The van der Waals surface area contributed by atoms with Crippen LogP contribution in [0.4, 0.5) is 10.1 Å². The molecule has 2 heterocycles. The van der Waals surface area contributed by atoms with E-state index in [1.165, 1.54) is 16.4 Å². The highest BCUT2D eigenvalue weighted by Gasteiger charge is 2.37. The molecule has 0 radical (unpaired) electrons. The maximum absolute atomic E-state index is 13.1. The van der Waals surface area contributed by atoms with Crippen molar-refractivity contribution in [1.29, 1.82) is 0 Å². The van der Waals surface area contributed by atoms with Crippen molar-refractivity contribution in [3.63, 3.8) is 0 Å². The number of imide groups is 1. The van der Waals surface area contributed by atoms with Gasteiger partial charge in [0.1, 0.15) is 5.82 Å². The van der Waals surface area contributed by atoms with Gasteiger partial charge in [-0.1, -0.05) is 11.6 Å². The van der Waals surface area contributed by atoms with Crippen LogP contribution in [0.3, 0.4) is 0 Å². The van der Waals surface area contributed by atoms with Gasteiger partial charge in [0, 0.05) is 38.4 Å². The van der Waals surface area contributed by atoms with Crippen molar-refractivity contribution in [2.45, 2.75) is 6.92 Å². The highest BCUT2D eigenvalue weighted by atomic mass is 32.2. The topological polar surface area (TPSA) is 78.0 Å². The fourth-order valence-corrected chi connectivity index (χ4v) is 5.21. The van der Waals surface area contributed by atoms with E-state index in [9.17, 15) is 22.4 Å². The van der Waals surface area contributed by atoms with Gasteiger partial charge >= 0.3 is 0 Å². The lowest BCUT2D eigenvalue weighted by molar-refractivity contribution is 0.0663. The summed E-state index contributed by atoms with van der Waals surface area (Å²) >= 11 is 0. The van der Waals surface area contributed by atoms with Crippen LogP contribution in [0, 0.1) is 12.7 Å². The number of carbonyl (C=O) groups is 2. The molecule has 0 aromatic heterocycles. The number of hydrogen-bond acceptors (Lipinski definition) is 5. The Morgan fingerprint density at radius 3 is 2.20 bits per heavy atom. The molecular formula is C21H22FN3O4S. The monoisotopic (exact) mass is 431 g/mol. The van der Waals surface area contributed by atoms with Gasteiger partial charge in [0.15, 0.2) is 0 Å². The summed E-state index contributed by atoms with van der Waals surface area (Å²) in [7, 11) is -3.62. The number of carbonyl (C=O) groups excluding carboxylic acids is 2. The van der Waals surface area contributed by atoms with Crippen molar-refractivity contribution in [3.05, 3.63) is 65.0 Å². The van der Waals surface area contributed by atoms with Crippen LogP contribution >= 0.6 is 0 Å². The lowest BCUT2D eigenvalue weighted by atomic mass is 10.1. The molecule has 0 N–H and O–H groups in total. The van der Waals surface area contributed by atoms with E-state index in [0.29, 0.717) is 37.3 Å². The van der Waals surface area contributed by atoms with Crippen LogP contribution < -0.4 is 4.90 Å². The lowest BCUT2D eigenvalue weighted by Crippen LogP contribution is -2.50. The molecule has 2 aliphatic heterocycles. The van der Waals surface area contributed by atoms with E-state index in [4.69, 9.17) is 0 Å². The Morgan fingerprint density at radius 1 is 0.900 bits per heavy atom. The Kier molecular flexibility index (Phi) is 5.33. The third kappa shape index (κ3) is 3.82. The molecule has 1 fully saturated rings. The molecule has 9 heteroatoms. The summed E-state index contributed by atoms with van der Waals surface area (Å²) in [6, 6.07) is 11.1. The van der Waals surface area contributed by atoms with Crippen LogP contribution in [0.2, 0.25) is 0 Å². The Hall–Kier alpha value is -2.78. The van der Waals surface area contributed by atoms with Crippen molar-refractivity contribution in [1.82, 2.24) is 9.21 Å².